The van der Waals surface area contributed by atoms with Crippen molar-refractivity contribution in [1.29, 1.82) is 0 Å². The summed E-state index contributed by atoms with van der Waals surface area (Å²) in [7, 11) is 0. The summed E-state index contributed by atoms with van der Waals surface area (Å²) < 4.78 is 11.8. The van der Waals surface area contributed by atoms with Crippen LogP contribution in [0, 0.1) is 0 Å². The van der Waals surface area contributed by atoms with Crippen LogP contribution in [0.15, 0.2) is 63.1 Å². The Morgan fingerprint density at radius 1 is 1.14 bits per heavy atom. The number of fused-ring (bicyclic) bond motifs is 1. The maximum atomic E-state index is 12.5. The first-order valence-corrected chi connectivity index (χ1v) is 9.14. The Labute approximate surface area is 165 Å². The molecule has 0 aliphatic carbocycles. The monoisotopic (exact) mass is 393 g/mol. The van der Waals surface area contributed by atoms with Crippen LogP contribution in [0.1, 0.15) is 24.5 Å². The topological polar surface area (TPSA) is 106 Å². The molecule has 0 bridgehead atoms. The van der Waals surface area contributed by atoms with Gasteiger partial charge in [0.25, 0.3) is 5.56 Å². The predicted molar refractivity (Wildman–Crippen MR) is 108 cm³/mol. The Morgan fingerprint density at radius 2 is 1.90 bits per heavy atom. The highest BCUT2D eigenvalue weighted by molar-refractivity contribution is 6.03. The van der Waals surface area contributed by atoms with Gasteiger partial charge in [0.05, 0.1) is 17.9 Å². The summed E-state index contributed by atoms with van der Waals surface area (Å²) in [6.07, 6.45) is 0.370. The van der Waals surface area contributed by atoms with Gasteiger partial charge in [-0.05, 0) is 24.1 Å². The Morgan fingerprint density at radius 3 is 2.66 bits per heavy atom. The zero-order chi connectivity index (χ0) is 20.4. The Balaban J connectivity index is 1.79. The van der Waals surface area contributed by atoms with Crippen molar-refractivity contribution in [2.75, 3.05) is 6.79 Å². The van der Waals surface area contributed by atoms with Crippen LogP contribution in [0.4, 0.5) is 5.69 Å². The summed E-state index contributed by atoms with van der Waals surface area (Å²) in [5.74, 6) is 0.775. The van der Waals surface area contributed by atoms with Gasteiger partial charge in [-0.1, -0.05) is 37.3 Å². The zero-order valence-corrected chi connectivity index (χ0v) is 15.7. The fourth-order valence-electron chi connectivity index (χ4n) is 3.15. The number of aromatic hydroxyl groups is 1. The highest BCUT2D eigenvalue weighted by Crippen LogP contribution is 2.35. The van der Waals surface area contributed by atoms with Gasteiger partial charge in [0.15, 0.2) is 11.5 Å². The van der Waals surface area contributed by atoms with Crippen molar-refractivity contribution < 1.29 is 14.6 Å². The predicted octanol–water partition coefficient (Wildman–Crippen LogP) is 2.55. The zero-order valence-electron chi connectivity index (χ0n) is 15.7. The van der Waals surface area contributed by atoms with Crippen LogP contribution in [-0.4, -0.2) is 27.2 Å². The molecular weight excluding hydrogens is 374 g/mol. The third-order valence-electron chi connectivity index (χ3n) is 4.60. The standard InChI is InChI=1S/C21H19N3O5/c1-2-15(22-14-8-9-16-17(10-14)29-12-28-16)18-19(25)23-21(27)24(20(18)26)11-13-6-4-3-5-7-13/h3-10,26H,2,11-12H2,1H3,(H,23,25,27). The van der Waals surface area contributed by atoms with Gasteiger partial charge >= 0.3 is 5.69 Å². The van der Waals surface area contributed by atoms with E-state index in [2.05, 4.69) is 9.98 Å². The van der Waals surface area contributed by atoms with Gasteiger partial charge in [-0.15, -0.1) is 0 Å². The number of aromatic nitrogens is 2. The summed E-state index contributed by atoms with van der Waals surface area (Å²) in [5.41, 5.74) is 0.321. The molecule has 1 aliphatic rings. The molecule has 2 N–H and O–H groups in total. The molecule has 148 valence electrons. The molecule has 0 atom stereocenters. The highest BCUT2D eigenvalue weighted by atomic mass is 16.7. The molecule has 8 nitrogen and oxygen atoms in total. The second-order valence-corrected chi connectivity index (χ2v) is 6.48. The summed E-state index contributed by atoms with van der Waals surface area (Å²) in [6.45, 7) is 2.08. The second kappa shape index (κ2) is 7.67. The van der Waals surface area contributed by atoms with Crippen LogP contribution in [0.25, 0.3) is 0 Å². The van der Waals surface area contributed by atoms with Crippen molar-refractivity contribution in [1.82, 2.24) is 9.55 Å². The smallest absolute Gasteiger partial charge is 0.331 e. The lowest BCUT2D eigenvalue weighted by Crippen LogP contribution is -2.34. The van der Waals surface area contributed by atoms with Gasteiger partial charge in [-0.2, -0.15) is 0 Å². The van der Waals surface area contributed by atoms with Gasteiger partial charge < -0.3 is 14.6 Å². The van der Waals surface area contributed by atoms with Crippen molar-refractivity contribution in [3.63, 3.8) is 0 Å². The van der Waals surface area contributed by atoms with E-state index in [0.29, 0.717) is 29.3 Å². The van der Waals surface area contributed by atoms with Gasteiger partial charge in [0.2, 0.25) is 12.7 Å². The van der Waals surface area contributed by atoms with Crippen molar-refractivity contribution >= 4 is 11.4 Å². The van der Waals surface area contributed by atoms with Crippen LogP contribution >= 0.6 is 0 Å². The van der Waals surface area contributed by atoms with Gasteiger partial charge in [0.1, 0.15) is 5.56 Å². The third kappa shape index (κ3) is 3.64. The first-order chi connectivity index (χ1) is 14.1. The van der Waals surface area contributed by atoms with E-state index >= 15 is 0 Å². The molecular formula is C21H19N3O5. The van der Waals surface area contributed by atoms with E-state index in [4.69, 9.17) is 9.47 Å². The molecule has 3 aromatic rings. The van der Waals surface area contributed by atoms with Gasteiger partial charge in [0, 0.05) is 6.07 Å². The number of rotatable bonds is 5. The molecule has 0 fully saturated rings. The minimum absolute atomic E-state index is 0.0271. The molecule has 2 heterocycles. The SMILES string of the molecule is CCC(=Nc1ccc2c(c1)OCO2)c1c(O)n(Cc2ccccc2)c(=O)[nH]c1=O. The Bertz CT molecular complexity index is 1200. The average Bonchev–Trinajstić information content (AvgIpc) is 3.19. The summed E-state index contributed by atoms with van der Waals surface area (Å²) >= 11 is 0. The number of nitrogens with zero attached hydrogens (tertiary/aromatic N) is 2. The maximum absolute atomic E-state index is 12.5. The van der Waals surface area contributed by atoms with Crippen LogP contribution in [-0.2, 0) is 6.54 Å². The number of nitrogens with one attached hydrogen (secondary N) is 1. The van der Waals surface area contributed by atoms with Gasteiger partial charge in [-0.3, -0.25) is 19.3 Å². The van der Waals surface area contributed by atoms with Gasteiger partial charge in [-0.25, -0.2) is 4.79 Å². The van der Waals surface area contributed by atoms with Crippen LogP contribution < -0.4 is 20.7 Å². The lowest BCUT2D eigenvalue weighted by Gasteiger charge is -2.12. The molecule has 4 rings (SSSR count). The number of hydrogen-bond acceptors (Lipinski definition) is 6. The number of benzene rings is 2. The van der Waals surface area contributed by atoms with Crippen molar-refractivity contribution in [3.8, 4) is 17.4 Å². The molecule has 0 amide bonds. The normalized spacial score (nSPS) is 12.9. The van der Waals surface area contributed by atoms with Crippen molar-refractivity contribution in [2.24, 2.45) is 4.99 Å². The van der Waals surface area contributed by atoms with Crippen LogP contribution in [0.2, 0.25) is 0 Å². The highest BCUT2D eigenvalue weighted by Gasteiger charge is 2.19. The minimum atomic E-state index is -0.682. The maximum Gasteiger partial charge on any atom is 0.331 e. The van der Waals surface area contributed by atoms with E-state index in [1.54, 1.807) is 18.2 Å². The molecule has 0 saturated carbocycles. The number of aliphatic imine (C=N–C) groups is 1. The molecule has 0 radical (unpaired) electrons. The number of H-pyrrole nitrogens is 1. The van der Waals surface area contributed by atoms with Crippen LogP contribution in [0.5, 0.6) is 17.4 Å². The number of ether oxygens (including phenoxy) is 2. The fraction of sp³-hybridized carbons (Fsp3) is 0.190. The Kier molecular flexibility index (Phi) is 4.90. The first-order valence-electron chi connectivity index (χ1n) is 9.14. The second-order valence-electron chi connectivity index (χ2n) is 6.48. The summed E-state index contributed by atoms with van der Waals surface area (Å²) in [5, 5.41) is 10.8. The first kappa shape index (κ1) is 18.5. The fourth-order valence-corrected chi connectivity index (χ4v) is 3.15. The number of aromatic amines is 1. The molecule has 0 unspecified atom stereocenters. The summed E-state index contributed by atoms with van der Waals surface area (Å²) in [4.78, 5) is 31.6. The Hall–Kier alpha value is -3.81. The number of hydrogen-bond donors (Lipinski definition) is 2. The molecule has 0 saturated heterocycles. The van der Waals surface area contributed by atoms with Crippen molar-refractivity contribution in [2.45, 2.75) is 19.9 Å². The molecule has 2 aromatic carbocycles. The minimum Gasteiger partial charge on any atom is -0.494 e. The van der Waals surface area contributed by atoms with E-state index in [1.165, 1.54) is 0 Å². The van der Waals surface area contributed by atoms with Crippen LogP contribution in [0.3, 0.4) is 0 Å². The van der Waals surface area contributed by atoms with E-state index in [9.17, 15) is 14.7 Å². The molecule has 8 heteroatoms. The quantitative estimate of drug-likeness (QED) is 0.648. The van der Waals surface area contributed by atoms with E-state index in [1.807, 2.05) is 37.3 Å². The van der Waals surface area contributed by atoms with E-state index < -0.39 is 17.1 Å². The largest absolute Gasteiger partial charge is 0.494 e. The molecule has 1 aliphatic heterocycles. The van der Waals surface area contributed by atoms with Crippen molar-refractivity contribution in [3.05, 3.63) is 80.5 Å². The molecule has 29 heavy (non-hydrogen) atoms. The lowest BCUT2D eigenvalue weighted by molar-refractivity contribution is 0.174. The molecule has 0 spiro atoms. The van der Waals surface area contributed by atoms with E-state index in [-0.39, 0.29) is 18.9 Å². The molecule has 1 aromatic heterocycles. The third-order valence-corrected chi connectivity index (χ3v) is 4.60. The summed E-state index contributed by atoms with van der Waals surface area (Å²) in [6, 6.07) is 14.4. The average molecular weight is 393 g/mol. The lowest BCUT2D eigenvalue weighted by atomic mass is 10.1. The van der Waals surface area contributed by atoms with E-state index in [0.717, 1.165) is 10.1 Å².